The van der Waals surface area contributed by atoms with Crippen LogP contribution >= 0.6 is 0 Å². The van der Waals surface area contributed by atoms with Gasteiger partial charge < -0.3 is 10.2 Å². The first kappa shape index (κ1) is 13.4. The molecule has 1 N–H and O–H groups in total. The summed E-state index contributed by atoms with van der Waals surface area (Å²) in [6, 6.07) is 4.53. The number of nitrogens with one attached hydrogen (secondary N) is 1. The first-order valence-electron chi connectivity index (χ1n) is 7.45. The van der Waals surface area contributed by atoms with Gasteiger partial charge in [-0.25, -0.2) is 4.98 Å². The number of rotatable bonds is 3. The molecular weight excluding hydrogens is 250 g/mol. The van der Waals surface area contributed by atoms with Gasteiger partial charge in [0.15, 0.2) is 0 Å². The van der Waals surface area contributed by atoms with E-state index in [4.69, 9.17) is 0 Å². The molecule has 0 unspecified atom stereocenters. The van der Waals surface area contributed by atoms with Gasteiger partial charge in [-0.05, 0) is 36.0 Å². The summed E-state index contributed by atoms with van der Waals surface area (Å²) in [6.07, 6.45) is 4.03. The van der Waals surface area contributed by atoms with Gasteiger partial charge in [0.2, 0.25) is 5.91 Å². The van der Waals surface area contributed by atoms with Crippen LogP contribution in [0.3, 0.4) is 0 Å². The van der Waals surface area contributed by atoms with E-state index in [9.17, 15) is 4.79 Å². The molecule has 4 heteroatoms. The molecule has 20 heavy (non-hydrogen) atoms. The van der Waals surface area contributed by atoms with Crippen molar-refractivity contribution >= 4 is 11.7 Å². The first-order chi connectivity index (χ1) is 9.43. The topological polar surface area (TPSA) is 45.2 Å². The third-order valence-corrected chi connectivity index (χ3v) is 4.10. The average molecular weight is 275 g/mol. The van der Waals surface area contributed by atoms with Gasteiger partial charge in [-0.1, -0.05) is 20.8 Å². The minimum atomic E-state index is 0. The Hall–Kier alpha value is -1.58. The Labute approximate surface area is 122 Å². The number of hydrogen-bond acceptors (Lipinski definition) is 3. The number of carbonyl (C=O) groups is 1. The lowest BCUT2D eigenvalue weighted by Gasteiger charge is -2.40. The van der Waals surface area contributed by atoms with Gasteiger partial charge >= 0.3 is 0 Å². The monoisotopic (exact) mass is 275 g/mol. The highest BCUT2D eigenvalue weighted by Crippen LogP contribution is 2.32. The molecule has 2 aliphatic rings. The molecule has 0 spiro atoms. The third-order valence-electron chi connectivity index (χ3n) is 4.10. The van der Waals surface area contributed by atoms with E-state index in [1.54, 1.807) is 0 Å². The Morgan fingerprint density at radius 3 is 2.70 bits per heavy atom. The Bertz CT molecular complexity index is 516. The number of carbonyl (C=O) groups excluding carboxylic acids is 1. The van der Waals surface area contributed by atoms with E-state index >= 15 is 0 Å². The fourth-order valence-corrected chi connectivity index (χ4v) is 2.52. The predicted molar refractivity (Wildman–Crippen MR) is 81.8 cm³/mol. The highest BCUT2D eigenvalue weighted by molar-refractivity contribution is 5.82. The molecule has 1 aliphatic heterocycles. The van der Waals surface area contributed by atoms with E-state index in [0.717, 1.165) is 31.7 Å². The van der Waals surface area contributed by atoms with Crippen LogP contribution in [0, 0.1) is 5.92 Å². The number of amides is 1. The van der Waals surface area contributed by atoms with Gasteiger partial charge in [-0.2, -0.15) is 0 Å². The second-order valence-electron chi connectivity index (χ2n) is 7.04. The molecule has 1 saturated carbocycles. The van der Waals surface area contributed by atoms with Crippen LogP contribution < -0.4 is 5.32 Å². The second-order valence-corrected chi connectivity index (χ2v) is 7.04. The van der Waals surface area contributed by atoms with Crippen molar-refractivity contribution in [2.45, 2.75) is 45.1 Å². The zero-order chi connectivity index (χ0) is 14.3. The van der Waals surface area contributed by atoms with Crippen LogP contribution in [0.25, 0.3) is 0 Å². The number of hydrogen-bond donors (Lipinski definition) is 1. The van der Waals surface area contributed by atoms with Crippen LogP contribution in [0.2, 0.25) is 0 Å². The minimum Gasteiger partial charge on any atom is -0.364 e. The van der Waals surface area contributed by atoms with Crippen molar-refractivity contribution in [3.63, 3.8) is 0 Å². The van der Waals surface area contributed by atoms with Crippen molar-refractivity contribution in [2.75, 3.05) is 18.4 Å². The molecular formula is C16H25N3O. The highest BCUT2D eigenvalue weighted by atomic mass is 16.2. The fourth-order valence-electron chi connectivity index (χ4n) is 2.52. The van der Waals surface area contributed by atoms with Gasteiger partial charge in [-0.15, -0.1) is 0 Å². The van der Waals surface area contributed by atoms with E-state index in [-0.39, 0.29) is 6.84 Å². The molecule has 2 fully saturated rings. The summed E-state index contributed by atoms with van der Waals surface area (Å²) >= 11 is 0. The summed E-state index contributed by atoms with van der Waals surface area (Å²) in [6.45, 7) is 8.23. The summed E-state index contributed by atoms with van der Waals surface area (Å²) in [7, 11) is 0. The molecule has 1 aliphatic carbocycles. The summed E-state index contributed by atoms with van der Waals surface area (Å²) < 4.78 is 0. The lowest BCUT2D eigenvalue weighted by Crippen LogP contribution is -2.57. The molecule has 3 rings (SSSR count). The number of anilines is 1. The van der Waals surface area contributed by atoms with Gasteiger partial charge in [-0.3, -0.25) is 4.79 Å². The molecule has 1 saturated heterocycles. The van der Waals surface area contributed by atoms with E-state index in [0.29, 0.717) is 17.9 Å². The maximum atomic E-state index is 11.9. The molecule has 110 valence electrons. The van der Waals surface area contributed by atoms with Crippen LogP contribution in [0.1, 0.15) is 40.6 Å². The summed E-state index contributed by atoms with van der Waals surface area (Å²) in [5.74, 6) is 1.60. The molecule has 0 atom stereocenters. The van der Waals surface area contributed by atoms with Gasteiger partial charge in [0.05, 0.1) is 6.04 Å². The zero-order valence-corrected chi connectivity index (χ0v) is 12.5. The fraction of sp³-hybridized carbons (Fsp3) is 0.625. The van der Waals surface area contributed by atoms with Crippen LogP contribution in [0.15, 0.2) is 18.3 Å². The predicted octanol–water partition coefficient (Wildman–Crippen LogP) is 2.66. The molecule has 1 amide bonds. The Kier molecular flexibility index (Phi) is 3.19. The van der Waals surface area contributed by atoms with Crippen molar-refractivity contribution in [3.05, 3.63) is 23.9 Å². The van der Waals surface area contributed by atoms with Crippen molar-refractivity contribution in [1.29, 1.82) is 0 Å². The molecule has 0 bridgehead atoms. The van der Waals surface area contributed by atoms with Crippen molar-refractivity contribution in [3.8, 4) is 0 Å². The summed E-state index contributed by atoms with van der Waals surface area (Å²) in [5.41, 5.74) is 1.41. The third kappa shape index (κ3) is 2.79. The largest absolute Gasteiger partial charge is 0.364 e. The molecule has 4 nitrogen and oxygen atoms in total. The standard InChI is InChI=1S/C16H23N3O.H2/c1-16(2,3)12-6-7-17-14(8-12)18-13-9-19(10-13)15(20)11-4-5-11;/h6-8,11,13H,4-5,9-10H2,1-3H3,(H,17,18);1H. The SMILES string of the molecule is CC(C)(C)c1ccnc(NC2CN(C(=O)C3CC3)C2)c1.[HH]. The minimum absolute atomic E-state index is 0. The van der Waals surface area contributed by atoms with Gasteiger partial charge in [0.1, 0.15) is 5.82 Å². The number of likely N-dealkylation sites (tertiary alicyclic amines) is 1. The van der Waals surface area contributed by atoms with Gasteiger partial charge in [0.25, 0.3) is 0 Å². The van der Waals surface area contributed by atoms with E-state index in [1.165, 1.54) is 5.56 Å². The molecule has 2 heterocycles. The normalized spacial score (nSPS) is 19.6. The molecule has 1 aromatic rings. The van der Waals surface area contributed by atoms with Crippen LogP contribution in [0.5, 0.6) is 0 Å². The Morgan fingerprint density at radius 2 is 2.10 bits per heavy atom. The van der Waals surface area contributed by atoms with Crippen molar-refractivity contribution < 1.29 is 6.22 Å². The van der Waals surface area contributed by atoms with Crippen LogP contribution in [0.4, 0.5) is 5.82 Å². The van der Waals surface area contributed by atoms with E-state index < -0.39 is 0 Å². The lowest BCUT2D eigenvalue weighted by molar-refractivity contribution is -0.136. The number of pyridine rings is 1. The van der Waals surface area contributed by atoms with Crippen LogP contribution in [-0.2, 0) is 10.2 Å². The van der Waals surface area contributed by atoms with Crippen LogP contribution in [-0.4, -0.2) is 34.9 Å². The zero-order valence-electron chi connectivity index (χ0n) is 12.5. The summed E-state index contributed by atoms with van der Waals surface area (Å²) in [5, 5.41) is 3.43. The van der Waals surface area contributed by atoms with Crippen molar-refractivity contribution in [1.82, 2.24) is 9.88 Å². The van der Waals surface area contributed by atoms with E-state index in [1.807, 2.05) is 11.1 Å². The Balaban J connectivity index is 0.00000161. The Morgan fingerprint density at radius 1 is 1.40 bits per heavy atom. The maximum Gasteiger partial charge on any atom is 0.225 e. The number of nitrogens with zero attached hydrogens (tertiary/aromatic N) is 2. The van der Waals surface area contributed by atoms with Gasteiger partial charge in [0, 0.05) is 26.6 Å². The number of aromatic nitrogens is 1. The molecule has 1 aromatic heterocycles. The highest BCUT2D eigenvalue weighted by Gasteiger charge is 2.39. The maximum absolute atomic E-state index is 11.9. The molecule has 0 aromatic carbocycles. The molecule has 0 radical (unpaired) electrons. The quantitative estimate of drug-likeness (QED) is 0.922. The lowest BCUT2D eigenvalue weighted by atomic mass is 9.88. The second kappa shape index (κ2) is 4.76. The smallest absolute Gasteiger partial charge is 0.225 e. The average Bonchev–Trinajstić information content (AvgIpc) is 3.16. The summed E-state index contributed by atoms with van der Waals surface area (Å²) in [4.78, 5) is 18.2. The first-order valence-corrected chi connectivity index (χ1v) is 7.45. The van der Waals surface area contributed by atoms with E-state index in [2.05, 4.69) is 43.2 Å². The van der Waals surface area contributed by atoms with Crippen molar-refractivity contribution in [2.24, 2.45) is 5.92 Å².